The number of benzene rings is 3. The smallest absolute Gasteiger partial charge is 0.300 e. The number of nitrogens with zero attached hydrogens (tertiary/aromatic N) is 1. The molecule has 0 saturated carbocycles. The third-order valence-electron chi connectivity index (χ3n) is 5.10. The second-order valence-corrected chi connectivity index (χ2v) is 7.36. The molecule has 1 aliphatic rings. The number of anilines is 1. The average molecular weight is 438 g/mol. The molecule has 3 aromatic rings. The van der Waals surface area contributed by atoms with Gasteiger partial charge in [0.1, 0.15) is 17.3 Å². The van der Waals surface area contributed by atoms with Crippen LogP contribution >= 0.6 is 11.6 Å². The molecule has 0 aliphatic carbocycles. The molecular weight excluding hydrogens is 421 g/mol. The SMILES string of the molecule is COc1ccc(C(O)=C2C(=O)C(=O)N(c3ccc(Cl)cc3)C2c2ccc(F)cc2)cc1. The lowest BCUT2D eigenvalue weighted by molar-refractivity contribution is -0.132. The fourth-order valence-electron chi connectivity index (χ4n) is 3.57. The fraction of sp³-hybridized carbons (Fsp3) is 0.0833. The highest BCUT2D eigenvalue weighted by atomic mass is 35.5. The van der Waals surface area contributed by atoms with E-state index in [4.69, 9.17) is 16.3 Å². The number of halogens is 2. The number of rotatable bonds is 4. The van der Waals surface area contributed by atoms with Crippen molar-refractivity contribution in [2.24, 2.45) is 0 Å². The molecule has 1 amide bonds. The molecule has 1 unspecified atom stereocenters. The monoisotopic (exact) mass is 437 g/mol. The number of ketones is 1. The summed E-state index contributed by atoms with van der Waals surface area (Å²) in [4.78, 5) is 27.3. The van der Waals surface area contributed by atoms with Gasteiger partial charge >= 0.3 is 0 Å². The summed E-state index contributed by atoms with van der Waals surface area (Å²) in [5, 5.41) is 11.5. The molecular formula is C24H17ClFNO4. The lowest BCUT2D eigenvalue weighted by Crippen LogP contribution is -2.29. The molecule has 1 atom stereocenters. The van der Waals surface area contributed by atoms with Crippen molar-refractivity contribution in [3.05, 3.63) is 100 Å². The minimum Gasteiger partial charge on any atom is -0.507 e. The highest BCUT2D eigenvalue weighted by molar-refractivity contribution is 6.51. The van der Waals surface area contributed by atoms with Gasteiger partial charge in [-0.2, -0.15) is 0 Å². The second-order valence-electron chi connectivity index (χ2n) is 6.93. The van der Waals surface area contributed by atoms with Crippen LogP contribution in [0, 0.1) is 5.82 Å². The molecule has 7 heteroatoms. The molecule has 0 bridgehead atoms. The molecule has 1 fully saturated rings. The van der Waals surface area contributed by atoms with Crippen molar-refractivity contribution in [2.45, 2.75) is 6.04 Å². The van der Waals surface area contributed by atoms with Gasteiger partial charge in [-0.05, 0) is 66.2 Å². The van der Waals surface area contributed by atoms with Gasteiger partial charge in [0.2, 0.25) is 0 Å². The van der Waals surface area contributed by atoms with Crippen LogP contribution in [0.5, 0.6) is 5.75 Å². The molecule has 3 aromatic carbocycles. The summed E-state index contributed by atoms with van der Waals surface area (Å²) in [6, 6.07) is 17.4. The van der Waals surface area contributed by atoms with Crippen LogP contribution in [0.3, 0.4) is 0 Å². The van der Waals surface area contributed by atoms with E-state index in [2.05, 4.69) is 0 Å². The standard InChI is InChI=1S/C24H17ClFNO4/c1-31-19-12-4-15(5-13-19)22(28)20-21(14-2-8-17(26)9-3-14)27(24(30)23(20)29)18-10-6-16(25)7-11-18/h2-13,21,28H,1H3. The number of hydrogen-bond donors (Lipinski definition) is 1. The van der Waals surface area contributed by atoms with E-state index in [1.165, 1.54) is 36.3 Å². The molecule has 0 radical (unpaired) electrons. The quantitative estimate of drug-likeness (QED) is 0.350. The summed E-state index contributed by atoms with van der Waals surface area (Å²) in [7, 11) is 1.51. The van der Waals surface area contributed by atoms with Crippen LogP contribution in [0.1, 0.15) is 17.2 Å². The first kappa shape index (κ1) is 20.6. The van der Waals surface area contributed by atoms with Crippen LogP contribution in [0.25, 0.3) is 5.76 Å². The maximum absolute atomic E-state index is 13.5. The first-order chi connectivity index (χ1) is 14.9. The van der Waals surface area contributed by atoms with Gasteiger partial charge in [-0.1, -0.05) is 23.7 Å². The number of aliphatic hydroxyl groups excluding tert-OH is 1. The Balaban J connectivity index is 1.91. The van der Waals surface area contributed by atoms with Crippen LogP contribution < -0.4 is 9.64 Å². The van der Waals surface area contributed by atoms with E-state index in [0.717, 1.165) is 0 Å². The Bertz CT molecular complexity index is 1170. The normalized spacial score (nSPS) is 17.8. The molecule has 5 nitrogen and oxygen atoms in total. The Labute approximate surface area is 182 Å². The van der Waals surface area contributed by atoms with Crippen molar-refractivity contribution in [1.29, 1.82) is 0 Å². The number of hydrogen-bond acceptors (Lipinski definition) is 4. The minimum atomic E-state index is -0.941. The zero-order valence-electron chi connectivity index (χ0n) is 16.4. The number of methoxy groups -OCH3 is 1. The number of carbonyl (C=O) groups is 2. The number of Topliss-reactive ketones (excluding diaryl/α,β-unsaturated/α-hetero) is 1. The van der Waals surface area contributed by atoms with Gasteiger partial charge in [0.15, 0.2) is 0 Å². The van der Waals surface area contributed by atoms with Crippen molar-refractivity contribution < 1.29 is 23.8 Å². The fourth-order valence-corrected chi connectivity index (χ4v) is 3.69. The van der Waals surface area contributed by atoms with Crippen LogP contribution in [0.15, 0.2) is 78.4 Å². The van der Waals surface area contributed by atoms with Gasteiger partial charge in [0, 0.05) is 16.3 Å². The molecule has 1 saturated heterocycles. The van der Waals surface area contributed by atoms with E-state index in [9.17, 15) is 19.1 Å². The number of amides is 1. The Morgan fingerprint density at radius 3 is 2.16 bits per heavy atom. The highest BCUT2D eigenvalue weighted by Crippen LogP contribution is 2.42. The highest BCUT2D eigenvalue weighted by Gasteiger charge is 2.46. The summed E-state index contributed by atoms with van der Waals surface area (Å²) in [5.41, 5.74) is 1.17. The van der Waals surface area contributed by atoms with Crippen molar-refractivity contribution >= 4 is 34.7 Å². The molecule has 156 valence electrons. The average Bonchev–Trinajstić information content (AvgIpc) is 3.05. The minimum absolute atomic E-state index is 0.0864. The lowest BCUT2D eigenvalue weighted by Gasteiger charge is -2.25. The summed E-state index contributed by atoms with van der Waals surface area (Å²) in [6.45, 7) is 0. The van der Waals surface area contributed by atoms with E-state index in [0.29, 0.717) is 27.6 Å². The van der Waals surface area contributed by atoms with E-state index in [1.807, 2.05) is 0 Å². The summed E-state index contributed by atoms with van der Waals surface area (Å²) >= 11 is 5.97. The van der Waals surface area contributed by atoms with Crippen molar-refractivity contribution in [3.8, 4) is 5.75 Å². The van der Waals surface area contributed by atoms with Crippen LogP contribution in [-0.2, 0) is 9.59 Å². The maximum atomic E-state index is 13.5. The predicted octanol–water partition coefficient (Wildman–Crippen LogP) is 5.11. The summed E-state index contributed by atoms with van der Waals surface area (Å²) < 4.78 is 18.7. The van der Waals surface area contributed by atoms with E-state index >= 15 is 0 Å². The van der Waals surface area contributed by atoms with Crippen LogP contribution in [0.2, 0.25) is 5.02 Å². The van der Waals surface area contributed by atoms with Gasteiger partial charge in [-0.25, -0.2) is 4.39 Å². The Morgan fingerprint density at radius 1 is 0.968 bits per heavy atom. The Kier molecular flexibility index (Phi) is 5.48. The predicted molar refractivity (Wildman–Crippen MR) is 116 cm³/mol. The van der Waals surface area contributed by atoms with Crippen LogP contribution in [0.4, 0.5) is 10.1 Å². The van der Waals surface area contributed by atoms with Crippen molar-refractivity contribution in [1.82, 2.24) is 0 Å². The van der Waals surface area contributed by atoms with Crippen LogP contribution in [-0.4, -0.2) is 23.9 Å². The third kappa shape index (κ3) is 3.78. The number of aliphatic hydroxyl groups is 1. The lowest BCUT2D eigenvalue weighted by atomic mass is 9.95. The molecule has 4 rings (SSSR count). The molecule has 0 aromatic heterocycles. The Morgan fingerprint density at radius 2 is 1.58 bits per heavy atom. The largest absolute Gasteiger partial charge is 0.507 e. The van der Waals surface area contributed by atoms with E-state index in [-0.39, 0.29) is 11.3 Å². The second kappa shape index (κ2) is 8.24. The summed E-state index contributed by atoms with van der Waals surface area (Å²) in [5.74, 6) is -1.84. The van der Waals surface area contributed by atoms with Gasteiger partial charge in [0.25, 0.3) is 11.7 Å². The first-order valence-corrected chi connectivity index (χ1v) is 9.75. The molecule has 1 heterocycles. The van der Waals surface area contributed by atoms with Crippen molar-refractivity contribution in [3.63, 3.8) is 0 Å². The topological polar surface area (TPSA) is 66.8 Å². The molecule has 0 spiro atoms. The Hall–Kier alpha value is -3.64. The molecule has 1 N–H and O–H groups in total. The third-order valence-corrected chi connectivity index (χ3v) is 5.35. The zero-order valence-corrected chi connectivity index (χ0v) is 17.1. The maximum Gasteiger partial charge on any atom is 0.300 e. The van der Waals surface area contributed by atoms with Crippen molar-refractivity contribution in [2.75, 3.05) is 12.0 Å². The summed E-state index contributed by atoms with van der Waals surface area (Å²) in [6.07, 6.45) is 0. The number of carbonyl (C=O) groups excluding carboxylic acids is 2. The van der Waals surface area contributed by atoms with Gasteiger partial charge < -0.3 is 9.84 Å². The van der Waals surface area contributed by atoms with E-state index in [1.54, 1.807) is 48.5 Å². The molecule has 31 heavy (non-hydrogen) atoms. The van der Waals surface area contributed by atoms with Gasteiger partial charge in [-0.3, -0.25) is 14.5 Å². The van der Waals surface area contributed by atoms with Gasteiger partial charge in [-0.15, -0.1) is 0 Å². The van der Waals surface area contributed by atoms with E-state index < -0.39 is 23.5 Å². The molecule has 1 aliphatic heterocycles. The first-order valence-electron chi connectivity index (χ1n) is 9.37. The number of ether oxygens (including phenoxy) is 1. The van der Waals surface area contributed by atoms with Gasteiger partial charge in [0.05, 0.1) is 18.7 Å². The zero-order chi connectivity index (χ0) is 22.1.